The van der Waals surface area contributed by atoms with E-state index in [0.29, 0.717) is 12.6 Å². The second kappa shape index (κ2) is 6.95. The van der Waals surface area contributed by atoms with Gasteiger partial charge in [-0.25, -0.2) is 0 Å². The molecule has 3 nitrogen and oxygen atoms in total. The van der Waals surface area contributed by atoms with Gasteiger partial charge in [-0.2, -0.15) is 0 Å². The minimum Gasteiger partial charge on any atom is -0.488 e. The third kappa shape index (κ3) is 4.12. The molecule has 0 fully saturated rings. The average Bonchev–Trinajstić information content (AvgIpc) is 2.85. The maximum atomic E-state index is 5.89. The first kappa shape index (κ1) is 15.1. The van der Waals surface area contributed by atoms with Crippen LogP contribution in [0.3, 0.4) is 0 Å². The summed E-state index contributed by atoms with van der Waals surface area (Å²) in [5.41, 5.74) is 2.20. The first-order valence-electron chi connectivity index (χ1n) is 6.74. The molecule has 1 heterocycles. The summed E-state index contributed by atoms with van der Waals surface area (Å²) in [6.07, 6.45) is 1.71. The van der Waals surface area contributed by atoms with Gasteiger partial charge in [0.1, 0.15) is 18.1 Å². The molecule has 0 spiro atoms. The van der Waals surface area contributed by atoms with Crippen molar-refractivity contribution in [3.63, 3.8) is 0 Å². The number of halogens is 1. The average molecular weight is 338 g/mol. The molecule has 0 atom stereocenters. The Labute approximate surface area is 128 Å². The molecular weight excluding hydrogens is 318 g/mol. The SMILES string of the molecule is Cc1ccc(Br)cc1OCc1ccoc1CNC(C)C. The van der Waals surface area contributed by atoms with E-state index in [1.165, 1.54) is 0 Å². The van der Waals surface area contributed by atoms with Crippen LogP contribution in [0.2, 0.25) is 0 Å². The Bertz CT molecular complexity index is 563. The molecule has 20 heavy (non-hydrogen) atoms. The zero-order chi connectivity index (χ0) is 14.5. The second-order valence-corrected chi connectivity index (χ2v) is 6.02. The summed E-state index contributed by atoms with van der Waals surface area (Å²) in [7, 11) is 0. The summed E-state index contributed by atoms with van der Waals surface area (Å²) >= 11 is 3.46. The first-order valence-corrected chi connectivity index (χ1v) is 7.53. The van der Waals surface area contributed by atoms with Crippen molar-refractivity contribution in [2.45, 2.75) is 40.0 Å². The molecule has 0 aliphatic rings. The monoisotopic (exact) mass is 337 g/mol. The molecule has 0 saturated heterocycles. The Morgan fingerprint density at radius 1 is 1.30 bits per heavy atom. The number of ether oxygens (including phenoxy) is 1. The molecular formula is C16H20BrNO2. The number of furan rings is 1. The van der Waals surface area contributed by atoms with E-state index >= 15 is 0 Å². The van der Waals surface area contributed by atoms with E-state index < -0.39 is 0 Å². The molecule has 1 aromatic heterocycles. The van der Waals surface area contributed by atoms with Crippen LogP contribution in [0.4, 0.5) is 0 Å². The van der Waals surface area contributed by atoms with Crippen molar-refractivity contribution in [3.8, 4) is 5.75 Å². The molecule has 0 saturated carbocycles. The first-order chi connectivity index (χ1) is 9.56. The van der Waals surface area contributed by atoms with Crippen LogP contribution in [0.25, 0.3) is 0 Å². The number of hydrogen-bond donors (Lipinski definition) is 1. The quantitative estimate of drug-likeness (QED) is 0.846. The number of aryl methyl sites for hydroxylation is 1. The van der Waals surface area contributed by atoms with Gasteiger partial charge >= 0.3 is 0 Å². The lowest BCUT2D eigenvalue weighted by atomic mass is 10.2. The Morgan fingerprint density at radius 3 is 2.85 bits per heavy atom. The summed E-state index contributed by atoms with van der Waals surface area (Å²) < 4.78 is 12.4. The lowest BCUT2D eigenvalue weighted by Gasteiger charge is -2.11. The Kier molecular flexibility index (Phi) is 5.26. The third-order valence-electron chi connectivity index (χ3n) is 3.04. The largest absolute Gasteiger partial charge is 0.488 e. The molecule has 4 heteroatoms. The number of rotatable bonds is 6. The lowest BCUT2D eigenvalue weighted by molar-refractivity contribution is 0.298. The van der Waals surface area contributed by atoms with E-state index in [0.717, 1.165) is 33.7 Å². The van der Waals surface area contributed by atoms with Gasteiger partial charge in [-0.1, -0.05) is 35.8 Å². The summed E-state index contributed by atoms with van der Waals surface area (Å²) in [6.45, 7) is 7.51. The van der Waals surface area contributed by atoms with Gasteiger partial charge in [0.05, 0.1) is 12.8 Å². The van der Waals surface area contributed by atoms with Crippen LogP contribution in [-0.2, 0) is 13.2 Å². The van der Waals surface area contributed by atoms with E-state index in [9.17, 15) is 0 Å². The van der Waals surface area contributed by atoms with Crippen molar-refractivity contribution >= 4 is 15.9 Å². The van der Waals surface area contributed by atoms with Crippen LogP contribution in [-0.4, -0.2) is 6.04 Å². The van der Waals surface area contributed by atoms with Gasteiger partial charge < -0.3 is 14.5 Å². The highest BCUT2D eigenvalue weighted by atomic mass is 79.9. The molecule has 1 N–H and O–H groups in total. The fraction of sp³-hybridized carbons (Fsp3) is 0.375. The van der Waals surface area contributed by atoms with Crippen molar-refractivity contribution < 1.29 is 9.15 Å². The maximum absolute atomic E-state index is 5.89. The lowest BCUT2D eigenvalue weighted by Crippen LogP contribution is -2.22. The summed E-state index contributed by atoms with van der Waals surface area (Å²) in [4.78, 5) is 0. The van der Waals surface area contributed by atoms with Gasteiger partial charge in [0.25, 0.3) is 0 Å². The molecule has 2 aromatic rings. The molecule has 0 bridgehead atoms. The van der Waals surface area contributed by atoms with Crippen LogP contribution in [0.5, 0.6) is 5.75 Å². The molecule has 2 rings (SSSR count). The van der Waals surface area contributed by atoms with Gasteiger partial charge in [-0.05, 0) is 30.7 Å². The normalized spacial score (nSPS) is 11.1. The van der Waals surface area contributed by atoms with E-state index in [1.807, 2.05) is 31.2 Å². The predicted octanol–water partition coefficient (Wildman–Crippen LogP) is 4.43. The highest BCUT2D eigenvalue weighted by Gasteiger charge is 2.09. The number of nitrogens with one attached hydrogen (secondary N) is 1. The van der Waals surface area contributed by atoms with Crippen molar-refractivity contribution in [1.29, 1.82) is 0 Å². The zero-order valence-corrected chi connectivity index (χ0v) is 13.7. The summed E-state index contributed by atoms with van der Waals surface area (Å²) in [6, 6.07) is 8.43. The van der Waals surface area contributed by atoms with Crippen molar-refractivity contribution in [2.75, 3.05) is 0 Å². The standard InChI is InChI=1S/C16H20BrNO2/c1-11(2)18-9-16-13(6-7-19-16)10-20-15-8-14(17)5-4-12(15)3/h4-8,11,18H,9-10H2,1-3H3. The number of hydrogen-bond acceptors (Lipinski definition) is 3. The van der Waals surface area contributed by atoms with Gasteiger partial charge in [0.15, 0.2) is 0 Å². The van der Waals surface area contributed by atoms with Crippen molar-refractivity contribution in [2.24, 2.45) is 0 Å². The molecule has 0 aliphatic carbocycles. The second-order valence-electron chi connectivity index (χ2n) is 5.10. The van der Waals surface area contributed by atoms with Crippen LogP contribution in [0.15, 0.2) is 39.4 Å². The zero-order valence-electron chi connectivity index (χ0n) is 12.1. The fourth-order valence-corrected chi connectivity index (χ4v) is 2.17. The van der Waals surface area contributed by atoms with Gasteiger partial charge in [-0.3, -0.25) is 0 Å². The van der Waals surface area contributed by atoms with E-state index in [1.54, 1.807) is 6.26 Å². The third-order valence-corrected chi connectivity index (χ3v) is 3.54. The highest BCUT2D eigenvalue weighted by Crippen LogP contribution is 2.24. The molecule has 1 aromatic carbocycles. The van der Waals surface area contributed by atoms with E-state index in [4.69, 9.17) is 9.15 Å². The van der Waals surface area contributed by atoms with Crippen LogP contribution in [0, 0.1) is 6.92 Å². The molecule has 0 unspecified atom stereocenters. The van der Waals surface area contributed by atoms with Crippen molar-refractivity contribution in [3.05, 3.63) is 51.9 Å². The topological polar surface area (TPSA) is 34.4 Å². The van der Waals surface area contributed by atoms with E-state index in [2.05, 4.69) is 35.1 Å². The van der Waals surface area contributed by atoms with Crippen LogP contribution in [0.1, 0.15) is 30.7 Å². The predicted molar refractivity (Wildman–Crippen MR) is 83.9 cm³/mol. The maximum Gasteiger partial charge on any atom is 0.124 e. The van der Waals surface area contributed by atoms with Crippen LogP contribution >= 0.6 is 15.9 Å². The Balaban J connectivity index is 2.00. The molecule has 0 amide bonds. The summed E-state index contributed by atoms with van der Waals surface area (Å²) in [5.74, 6) is 1.83. The smallest absolute Gasteiger partial charge is 0.124 e. The minimum absolute atomic E-state index is 0.432. The summed E-state index contributed by atoms with van der Waals surface area (Å²) in [5, 5.41) is 3.35. The number of benzene rings is 1. The minimum atomic E-state index is 0.432. The van der Waals surface area contributed by atoms with Crippen molar-refractivity contribution in [1.82, 2.24) is 5.32 Å². The van der Waals surface area contributed by atoms with E-state index in [-0.39, 0.29) is 0 Å². The molecule has 0 aliphatic heterocycles. The Morgan fingerprint density at radius 2 is 2.10 bits per heavy atom. The van der Waals surface area contributed by atoms with Crippen LogP contribution < -0.4 is 10.1 Å². The molecule has 0 radical (unpaired) electrons. The molecule has 108 valence electrons. The highest BCUT2D eigenvalue weighted by molar-refractivity contribution is 9.10. The fourth-order valence-electron chi connectivity index (χ4n) is 1.83. The van der Waals surface area contributed by atoms with Gasteiger partial charge in [0, 0.05) is 16.1 Å². The van der Waals surface area contributed by atoms with Gasteiger partial charge in [0.2, 0.25) is 0 Å². The Hall–Kier alpha value is -1.26. The van der Waals surface area contributed by atoms with Gasteiger partial charge in [-0.15, -0.1) is 0 Å².